The van der Waals surface area contributed by atoms with Crippen LogP contribution in [0.1, 0.15) is 342 Å². The maximum absolute atomic E-state index is 12.9. The Labute approximate surface area is 466 Å². The van der Waals surface area contributed by atoms with Gasteiger partial charge in [-0.2, -0.15) is 0 Å². The molecule has 0 rings (SSSR count). The van der Waals surface area contributed by atoms with Crippen molar-refractivity contribution in [1.82, 2.24) is 0 Å². The Kier molecular flexibility index (Phi) is 61.2. The van der Waals surface area contributed by atoms with Gasteiger partial charge >= 0.3 is 17.9 Å². The predicted octanol–water partition coefficient (Wildman–Crippen LogP) is 22.3. The smallest absolute Gasteiger partial charge is 0.306 e. The summed E-state index contributed by atoms with van der Waals surface area (Å²) in [6.45, 7) is 6.53. The van der Waals surface area contributed by atoms with Crippen LogP contribution in [0.4, 0.5) is 0 Å². The van der Waals surface area contributed by atoms with Gasteiger partial charge in [0.1, 0.15) is 13.2 Å². The average Bonchev–Trinajstić information content (AvgIpc) is 3.41. The van der Waals surface area contributed by atoms with E-state index in [1.807, 2.05) is 0 Å². The molecule has 6 nitrogen and oxygen atoms in total. The lowest BCUT2D eigenvalue weighted by Gasteiger charge is -2.18. The molecule has 0 bridgehead atoms. The van der Waals surface area contributed by atoms with E-state index in [0.29, 0.717) is 19.3 Å². The van der Waals surface area contributed by atoms with Crippen molar-refractivity contribution in [3.8, 4) is 0 Å². The fourth-order valence-corrected chi connectivity index (χ4v) is 9.61. The second-order valence-electron chi connectivity index (χ2n) is 22.0. The molecule has 0 radical (unpaired) electrons. The van der Waals surface area contributed by atoms with Crippen LogP contribution in [0.5, 0.6) is 0 Å². The highest BCUT2D eigenvalue weighted by atomic mass is 16.6. The Bertz CT molecular complexity index is 1340. The number of hydrogen-bond acceptors (Lipinski definition) is 6. The quantitative estimate of drug-likeness (QED) is 0.0261. The van der Waals surface area contributed by atoms with Crippen LogP contribution in [-0.2, 0) is 28.6 Å². The van der Waals surface area contributed by atoms with Crippen LogP contribution in [0.25, 0.3) is 0 Å². The highest BCUT2D eigenvalue weighted by Gasteiger charge is 2.19. The summed E-state index contributed by atoms with van der Waals surface area (Å²) >= 11 is 0. The third kappa shape index (κ3) is 61.8. The highest BCUT2D eigenvalue weighted by Crippen LogP contribution is 2.18. The zero-order valence-corrected chi connectivity index (χ0v) is 50.1. The SMILES string of the molecule is CC/C=C\C/C=C\C/C=C\CCCCCCCC(=O)OCC(COC(=O)CCCCCCCCCCCCCCCCCCCCCCCCCCCC)OC(=O)CCCCCCC/C=C\C/C=C\CCCCCC. The third-order valence-electron chi connectivity index (χ3n) is 14.5. The molecule has 0 aliphatic carbocycles. The Balaban J connectivity index is 4.27. The zero-order chi connectivity index (χ0) is 54.3. The van der Waals surface area contributed by atoms with Crippen molar-refractivity contribution in [3.05, 3.63) is 60.8 Å². The Morgan fingerprint density at radius 2 is 0.520 bits per heavy atom. The van der Waals surface area contributed by atoms with Gasteiger partial charge in [0.15, 0.2) is 6.10 Å². The van der Waals surface area contributed by atoms with Crippen molar-refractivity contribution >= 4 is 17.9 Å². The minimum absolute atomic E-state index is 0.0827. The van der Waals surface area contributed by atoms with E-state index in [2.05, 4.69) is 81.5 Å². The van der Waals surface area contributed by atoms with Gasteiger partial charge in [-0.05, 0) is 83.5 Å². The van der Waals surface area contributed by atoms with Gasteiger partial charge in [0.25, 0.3) is 0 Å². The molecule has 436 valence electrons. The summed E-state index contributed by atoms with van der Waals surface area (Å²) in [5.41, 5.74) is 0. The summed E-state index contributed by atoms with van der Waals surface area (Å²) in [6.07, 6.45) is 81.0. The van der Waals surface area contributed by atoms with Crippen LogP contribution >= 0.6 is 0 Å². The van der Waals surface area contributed by atoms with Crippen molar-refractivity contribution < 1.29 is 28.6 Å². The van der Waals surface area contributed by atoms with Crippen molar-refractivity contribution in [2.75, 3.05) is 13.2 Å². The molecular weight excluding hydrogens is 925 g/mol. The number of ether oxygens (including phenoxy) is 3. The minimum atomic E-state index is -0.788. The van der Waals surface area contributed by atoms with Crippen molar-refractivity contribution in [2.45, 2.75) is 348 Å². The van der Waals surface area contributed by atoms with Crippen LogP contribution in [-0.4, -0.2) is 37.2 Å². The van der Waals surface area contributed by atoms with Crippen LogP contribution in [0.15, 0.2) is 60.8 Å². The van der Waals surface area contributed by atoms with Gasteiger partial charge < -0.3 is 14.2 Å². The Morgan fingerprint density at radius 3 is 0.827 bits per heavy atom. The van der Waals surface area contributed by atoms with Crippen LogP contribution < -0.4 is 0 Å². The highest BCUT2D eigenvalue weighted by molar-refractivity contribution is 5.71. The molecule has 0 aliphatic heterocycles. The summed E-state index contributed by atoms with van der Waals surface area (Å²) in [4.78, 5) is 38.3. The van der Waals surface area contributed by atoms with E-state index in [1.54, 1.807) is 0 Å². The molecule has 0 fully saturated rings. The van der Waals surface area contributed by atoms with Gasteiger partial charge in [0.05, 0.1) is 0 Å². The summed E-state index contributed by atoms with van der Waals surface area (Å²) in [7, 11) is 0. The summed E-state index contributed by atoms with van der Waals surface area (Å²) in [5, 5.41) is 0. The summed E-state index contributed by atoms with van der Waals surface area (Å²) in [6, 6.07) is 0. The number of carbonyl (C=O) groups excluding carboxylic acids is 3. The summed E-state index contributed by atoms with van der Waals surface area (Å²) in [5.74, 6) is -0.896. The maximum Gasteiger partial charge on any atom is 0.306 e. The molecule has 1 unspecified atom stereocenters. The van der Waals surface area contributed by atoms with E-state index >= 15 is 0 Å². The normalized spacial score (nSPS) is 12.4. The molecule has 0 aromatic carbocycles. The topological polar surface area (TPSA) is 78.9 Å². The van der Waals surface area contributed by atoms with Gasteiger partial charge in [-0.25, -0.2) is 0 Å². The molecule has 1 atom stereocenters. The second kappa shape index (κ2) is 63.6. The molecule has 0 saturated heterocycles. The molecule has 0 aliphatic rings. The fraction of sp³-hybridized carbons (Fsp3) is 0.812. The van der Waals surface area contributed by atoms with E-state index < -0.39 is 6.10 Å². The number of carbonyl (C=O) groups is 3. The maximum atomic E-state index is 12.9. The average molecular weight is 1050 g/mol. The van der Waals surface area contributed by atoms with Crippen molar-refractivity contribution in [2.24, 2.45) is 0 Å². The molecule has 6 heteroatoms. The second-order valence-corrected chi connectivity index (χ2v) is 22.0. The lowest BCUT2D eigenvalue weighted by molar-refractivity contribution is -0.167. The molecule has 0 heterocycles. The van der Waals surface area contributed by atoms with E-state index in [4.69, 9.17) is 14.2 Å². The minimum Gasteiger partial charge on any atom is -0.462 e. The Hall–Kier alpha value is -2.89. The lowest BCUT2D eigenvalue weighted by Crippen LogP contribution is -2.30. The number of allylic oxidation sites excluding steroid dienone is 10. The number of unbranched alkanes of at least 4 members (excludes halogenated alkanes) is 39. The van der Waals surface area contributed by atoms with Crippen LogP contribution in [0, 0.1) is 0 Å². The molecule has 0 saturated carbocycles. The van der Waals surface area contributed by atoms with Gasteiger partial charge in [-0.1, -0.05) is 300 Å². The molecule has 0 aromatic rings. The number of hydrogen-bond donors (Lipinski definition) is 0. The molecule has 0 spiro atoms. The lowest BCUT2D eigenvalue weighted by atomic mass is 10.0. The molecule has 0 amide bonds. The van der Waals surface area contributed by atoms with Gasteiger partial charge in [-0.15, -0.1) is 0 Å². The van der Waals surface area contributed by atoms with E-state index in [0.717, 1.165) is 122 Å². The number of esters is 3. The third-order valence-corrected chi connectivity index (χ3v) is 14.5. The van der Waals surface area contributed by atoms with Gasteiger partial charge in [0.2, 0.25) is 0 Å². The largest absolute Gasteiger partial charge is 0.462 e. The van der Waals surface area contributed by atoms with Gasteiger partial charge in [0, 0.05) is 19.3 Å². The first-order chi connectivity index (χ1) is 37.0. The monoisotopic (exact) mass is 1050 g/mol. The van der Waals surface area contributed by atoms with E-state index in [-0.39, 0.29) is 31.1 Å². The first-order valence-corrected chi connectivity index (χ1v) is 32.8. The standard InChI is InChI=1S/C69H124O6/c1-4-7-10-13-16-19-22-25-28-30-31-32-33-34-35-36-37-38-39-42-44-47-50-53-56-59-62-68(71)74-65-66(64-73-67(70)61-58-55-52-49-46-43-40-27-24-21-18-15-12-9-6-3)75-69(72)63-60-57-54-51-48-45-41-29-26-23-20-17-14-11-8-5-2/h9,12,18,20-21,23,27,29,40-41,66H,4-8,10-11,13-17,19,22,24-26,28,30-39,42-65H2,1-3H3/b12-9-,21-18-,23-20-,40-27-,41-29-. The van der Waals surface area contributed by atoms with Crippen molar-refractivity contribution in [1.29, 1.82) is 0 Å². The predicted molar refractivity (Wildman–Crippen MR) is 325 cm³/mol. The van der Waals surface area contributed by atoms with Crippen molar-refractivity contribution in [3.63, 3.8) is 0 Å². The first-order valence-electron chi connectivity index (χ1n) is 32.8. The van der Waals surface area contributed by atoms with Crippen LogP contribution in [0.2, 0.25) is 0 Å². The zero-order valence-electron chi connectivity index (χ0n) is 50.1. The molecule has 75 heavy (non-hydrogen) atoms. The molecule has 0 aromatic heterocycles. The first kappa shape index (κ1) is 72.1. The fourth-order valence-electron chi connectivity index (χ4n) is 9.61. The van der Waals surface area contributed by atoms with Crippen LogP contribution in [0.3, 0.4) is 0 Å². The van der Waals surface area contributed by atoms with Gasteiger partial charge in [-0.3, -0.25) is 14.4 Å². The van der Waals surface area contributed by atoms with E-state index in [1.165, 1.54) is 180 Å². The molecule has 0 N–H and O–H groups in total. The Morgan fingerprint density at radius 1 is 0.280 bits per heavy atom. The number of rotatable bonds is 60. The molecular formula is C69H124O6. The summed E-state index contributed by atoms with van der Waals surface area (Å²) < 4.78 is 16.9. The van der Waals surface area contributed by atoms with E-state index in [9.17, 15) is 14.4 Å².